The van der Waals surface area contributed by atoms with Gasteiger partial charge in [-0.05, 0) is 44.5 Å². The Bertz CT molecular complexity index is 509. The fourth-order valence-electron chi connectivity index (χ4n) is 2.80. The van der Waals surface area contributed by atoms with E-state index >= 15 is 0 Å². The van der Waals surface area contributed by atoms with Crippen LogP contribution in [0.15, 0.2) is 24.3 Å². The summed E-state index contributed by atoms with van der Waals surface area (Å²) in [6, 6.07) is 6.79. The Balaban J connectivity index is 1.96. The largest absolute Gasteiger partial charge is 0.492 e. The second-order valence-electron chi connectivity index (χ2n) is 5.76. The zero-order valence-corrected chi connectivity index (χ0v) is 13.7. The second-order valence-corrected chi connectivity index (χ2v) is 5.76. The first-order chi connectivity index (χ1) is 11.2. The number of hydrogen-bond donors (Lipinski definition) is 3. The molecule has 0 aliphatic heterocycles. The van der Waals surface area contributed by atoms with Crippen LogP contribution in [0, 0.1) is 0 Å². The number of hydrogen-bond acceptors (Lipinski definition) is 5. The third-order valence-electron chi connectivity index (χ3n) is 4.13. The van der Waals surface area contributed by atoms with Crippen LogP contribution >= 0.6 is 0 Å². The first kappa shape index (κ1) is 17.7. The number of rotatable bonds is 7. The van der Waals surface area contributed by atoms with Crippen molar-refractivity contribution in [3.8, 4) is 5.75 Å². The molecule has 1 aliphatic carbocycles. The minimum absolute atomic E-state index is 0.204. The molecule has 0 radical (unpaired) electrons. The maximum atomic E-state index is 12.4. The van der Waals surface area contributed by atoms with Crippen molar-refractivity contribution in [2.24, 2.45) is 0 Å². The van der Waals surface area contributed by atoms with Crippen molar-refractivity contribution in [3.05, 3.63) is 29.8 Å². The van der Waals surface area contributed by atoms with E-state index in [1.54, 1.807) is 25.3 Å². The zero-order valence-electron chi connectivity index (χ0n) is 13.7. The van der Waals surface area contributed by atoms with Gasteiger partial charge >= 0.3 is 0 Å². The summed E-state index contributed by atoms with van der Waals surface area (Å²) >= 11 is 0. The van der Waals surface area contributed by atoms with Crippen LogP contribution in [0.25, 0.3) is 0 Å². The van der Waals surface area contributed by atoms with Gasteiger partial charge in [0.05, 0.1) is 12.1 Å². The van der Waals surface area contributed by atoms with Crippen LogP contribution in [-0.4, -0.2) is 56.6 Å². The van der Waals surface area contributed by atoms with Gasteiger partial charge in [-0.3, -0.25) is 4.79 Å². The Morgan fingerprint density at radius 2 is 2.22 bits per heavy atom. The fraction of sp³-hybridized carbons (Fsp3) is 0.588. The van der Waals surface area contributed by atoms with Crippen molar-refractivity contribution in [2.75, 3.05) is 27.3 Å². The van der Waals surface area contributed by atoms with Crippen LogP contribution in [0.5, 0.6) is 5.75 Å². The standard InChI is InChI=1S/C17H26N2O4/c1-18-9-10-23-13-6-3-5-12(11-13)17(21)19-14-7-4-8-15(22-2)16(14)20/h3,5-6,11,14-16,18,20H,4,7-10H2,1-2H3,(H,19,21)/t14-,15-,16-/m1/s1. The van der Waals surface area contributed by atoms with E-state index in [1.807, 2.05) is 13.1 Å². The average molecular weight is 322 g/mol. The molecule has 6 heteroatoms. The molecule has 0 spiro atoms. The van der Waals surface area contributed by atoms with Gasteiger partial charge in [-0.15, -0.1) is 0 Å². The van der Waals surface area contributed by atoms with E-state index in [2.05, 4.69) is 10.6 Å². The summed E-state index contributed by atoms with van der Waals surface area (Å²) in [4.78, 5) is 12.4. The van der Waals surface area contributed by atoms with E-state index in [1.165, 1.54) is 0 Å². The lowest BCUT2D eigenvalue weighted by atomic mass is 9.89. The summed E-state index contributed by atoms with van der Waals surface area (Å²) < 4.78 is 10.8. The SMILES string of the molecule is CNCCOc1cccc(C(=O)N[C@@H]2CCC[C@@H](OC)[C@@H]2O)c1. The van der Waals surface area contributed by atoms with Gasteiger partial charge in [-0.25, -0.2) is 0 Å². The van der Waals surface area contributed by atoms with Crippen LogP contribution in [0.1, 0.15) is 29.6 Å². The van der Waals surface area contributed by atoms with Gasteiger partial charge in [0.1, 0.15) is 18.5 Å². The summed E-state index contributed by atoms with van der Waals surface area (Å²) in [5.74, 6) is 0.455. The number of amides is 1. The van der Waals surface area contributed by atoms with E-state index in [4.69, 9.17) is 9.47 Å². The van der Waals surface area contributed by atoms with Crippen LogP contribution in [0.3, 0.4) is 0 Å². The number of carbonyl (C=O) groups excluding carboxylic acids is 1. The van der Waals surface area contributed by atoms with Gasteiger partial charge in [0.25, 0.3) is 5.91 Å². The molecule has 1 aromatic carbocycles. The Morgan fingerprint density at radius 3 is 2.96 bits per heavy atom. The van der Waals surface area contributed by atoms with Crippen LogP contribution < -0.4 is 15.4 Å². The third kappa shape index (κ3) is 4.92. The van der Waals surface area contributed by atoms with Crippen LogP contribution in [0.4, 0.5) is 0 Å². The molecule has 0 heterocycles. The number of ether oxygens (including phenoxy) is 2. The first-order valence-electron chi connectivity index (χ1n) is 8.05. The molecule has 2 rings (SSSR count). The monoisotopic (exact) mass is 322 g/mol. The molecule has 1 amide bonds. The summed E-state index contributed by atoms with van der Waals surface area (Å²) in [7, 11) is 3.44. The summed E-state index contributed by atoms with van der Waals surface area (Å²) in [6.45, 7) is 1.28. The minimum atomic E-state index is -0.673. The maximum Gasteiger partial charge on any atom is 0.251 e. The van der Waals surface area contributed by atoms with Crippen molar-refractivity contribution >= 4 is 5.91 Å². The molecule has 3 N–H and O–H groups in total. The molecule has 6 nitrogen and oxygen atoms in total. The lowest BCUT2D eigenvalue weighted by Gasteiger charge is -2.34. The van der Waals surface area contributed by atoms with Gasteiger partial charge < -0.3 is 25.2 Å². The highest BCUT2D eigenvalue weighted by Gasteiger charge is 2.32. The van der Waals surface area contributed by atoms with E-state index < -0.39 is 6.10 Å². The molecular weight excluding hydrogens is 296 g/mol. The number of aliphatic hydroxyl groups excluding tert-OH is 1. The van der Waals surface area contributed by atoms with Gasteiger partial charge in [0.15, 0.2) is 0 Å². The lowest BCUT2D eigenvalue weighted by Crippen LogP contribution is -2.51. The molecule has 1 aromatic rings. The van der Waals surface area contributed by atoms with Crippen molar-refractivity contribution in [2.45, 2.75) is 37.5 Å². The van der Waals surface area contributed by atoms with E-state index in [0.717, 1.165) is 25.8 Å². The zero-order chi connectivity index (χ0) is 16.7. The molecule has 0 saturated heterocycles. The number of nitrogens with one attached hydrogen (secondary N) is 2. The highest BCUT2D eigenvalue weighted by Crippen LogP contribution is 2.22. The topological polar surface area (TPSA) is 79.8 Å². The predicted molar refractivity (Wildman–Crippen MR) is 87.8 cm³/mol. The Labute approximate surface area is 137 Å². The van der Waals surface area contributed by atoms with Crippen molar-refractivity contribution in [1.29, 1.82) is 0 Å². The number of carbonyl (C=O) groups is 1. The lowest BCUT2D eigenvalue weighted by molar-refractivity contribution is -0.0513. The normalized spacial score (nSPS) is 24.2. The Morgan fingerprint density at radius 1 is 1.39 bits per heavy atom. The molecule has 1 aliphatic rings. The smallest absolute Gasteiger partial charge is 0.251 e. The van der Waals surface area contributed by atoms with Gasteiger partial charge in [-0.1, -0.05) is 6.07 Å². The number of likely N-dealkylation sites (N-methyl/N-ethyl adjacent to an activating group) is 1. The molecule has 0 unspecified atom stereocenters. The summed E-state index contributed by atoms with van der Waals surface area (Å²) in [5, 5.41) is 16.2. The first-order valence-corrected chi connectivity index (χ1v) is 8.05. The summed E-state index contributed by atoms with van der Waals surface area (Å²) in [6.07, 6.45) is 1.61. The number of methoxy groups -OCH3 is 1. The number of aliphatic hydroxyl groups is 1. The third-order valence-corrected chi connectivity index (χ3v) is 4.13. The minimum Gasteiger partial charge on any atom is -0.492 e. The molecule has 128 valence electrons. The van der Waals surface area contributed by atoms with Crippen LogP contribution in [-0.2, 0) is 4.74 Å². The maximum absolute atomic E-state index is 12.4. The molecule has 3 atom stereocenters. The molecule has 0 aromatic heterocycles. The van der Waals surface area contributed by atoms with Crippen molar-refractivity contribution in [1.82, 2.24) is 10.6 Å². The van der Waals surface area contributed by atoms with Gasteiger partial charge in [0, 0.05) is 19.2 Å². The molecule has 1 saturated carbocycles. The Kier molecular flexibility index (Phi) is 6.83. The van der Waals surface area contributed by atoms with Gasteiger partial charge in [0.2, 0.25) is 0 Å². The second kappa shape index (κ2) is 8.86. The quantitative estimate of drug-likeness (QED) is 0.651. The molecular formula is C17H26N2O4. The van der Waals surface area contributed by atoms with Crippen molar-refractivity contribution < 1.29 is 19.4 Å². The van der Waals surface area contributed by atoms with Crippen molar-refractivity contribution in [3.63, 3.8) is 0 Å². The molecule has 1 fully saturated rings. The molecule has 0 bridgehead atoms. The van der Waals surface area contributed by atoms with E-state index in [9.17, 15) is 9.90 Å². The fourth-order valence-corrected chi connectivity index (χ4v) is 2.80. The van der Waals surface area contributed by atoms with Gasteiger partial charge in [-0.2, -0.15) is 0 Å². The highest BCUT2D eigenvalue weighted by molar-refractivity contribution is 5.94. The summed E-state index contributed by atoms with van der Waals surface area (Å²) in [5.41, 5.74) is 0.527. The predicted octanol–water partition coefficient (Wildman–Crippen LogP) is 0.943. The Hall–Kier alpha value is -1.63. The van der Waals surface area contributed by atoms with Crippen LogP contribution in [0.2, 0.25) is 0 Å². The van der Waals surface area contributed by atoms with E-state index in [-0.39, 0.29) is 18.1 Å². The number of benzene rings is 1. The average Bonchev–Trinajstić information content (AvgIpc) is 2.57. The molecule has 23 heavy (non-hydrogen) atoms. The van der Waals surface area contributed by atoms with E-state index in [0.29, 0.717) is 17.9 Å². The highest BCUT2D eigenvalue weighted by atomic mass is 16.5.